The van der Waals surface area contributed by atoms with E-state index in [1.165, 1.54) is 12.1 Å². The Hall–Kier alpha value is -2.69. The second-order valence-corrected chi connectivity index (χ2v) is 6.42. The number of nitrogens with one attached hydrogen (secondary N) is 1. The molecule has 0 aliphatic heterocycles. The molecule has 0 bridgehead atoms. The summed E-state index contributed by atoms with van der Waals surface area (Å²) in [6, 6.07) is 14.8. The molecule has 2 N–H and O–H groups in total. The number of benzene rings is 2. The highest BCUT2D eigenvalue weighted by molar-refractivity contribution is 5.91. The maximum atomic E-state index is 13.0. The molecule has 3 rings (SSSR count). The first kappa shape index (κ1) is 17.1. The number of hydrogen-bond acceptors (Lipinski definition) is 2. The molecule has 1 saturated carbocycles. The average Bonchev–Trinajstić information content (AvgIpc) is 3.41. The first-order valence-corrected chi connectivity index (χ1v) is 8.34. The van der Waals surface area contributed by atoms with Gasteiger partial charge in [0.05, 0.1) is 0 Å². The van der Waals surface area contributed by atoms with Crippen LogP contribution >= 0.6 is 0 Å². The van der Waals surface area contributed by atoms with E-state index >= 15 is 0 Å². The van der Waals surface area contributed by atoms with E-state index < -0.39 is 11.5 Å². The molecule has 0 heterocycles. The van der Waals surface area contributed by atoms with Gasteiger partial charge in [0.15, 0.2) is 5.54 Å². The lowest BCUT2D eigenvalue weighted by Crippen LogP contribution is -2.52. The largest absolute Gasteiger partial charge is 0.479 e. The standard InChI is InChI=1S/C20H20FNO3/c1-2-20(19(24)25,14-6-4-3-5-7-14)22-18(23)17-12-16(17)13-8-10-15(21)11-9-13/h3-11,16-17H,2,12H2,1H3,(H,22,23)(H,24,25). The molecular formula is C20H20FNO3. The van der Waals surface area contributed by atoms with Crippen LogP contribution < -0.4 is 5.32 Å². The van der Waals surface area contributed by atoms with E-state index in [4.69, 9.17) is 0 Å². The van der Waals surface area contributed by atoms with Crippen LogP contribution in [-0.2, 0) is 15.1 Å². The minimum Gasteiger partial charge on any atom is -0.479 e. The number of carbonyl (C=O) groups excluding carboxylic acids is 1. The SMILES string of the molecule is CCC(NC(=O)C1CC1c1ccc(F)cc1)(C(=O)O)c1ccccc1. The molecule has 3 atom stereocenters. The number of amides is 1. The number of halogens is 1. The highest BCUT2D eigenvalue weighted by Gasteiger charge is 2.48. The second-order valence-electron chi connectivity index (χ2n) is 6.42. The number of carbonyl (C=O) groups is 2. The lowest BCUT2D eigenvalue weighted by molar-refractivity contribution is -0.148. The van der Waals surface area contributed by atoms with Crippen LogP contribution in [0.4, 0.5) is 4.39 Å². The molecule has 0 aromatic heterocycles. The van der Waals surface area contributed by atoms with Crippen LogP contribution in [0, 0.1) is 11.7 Å². The Morgan fingerprint density at radius 2 is 1.80 bits per heavy atom. The Kier molecular flexibility index (Phi) is 4.57. The third-order valence-electron chi connectivity index (χ3n) is 4.92. The van der Waals surface area contributed by atoms with E-state index in [2.05, 4.69) is 5.32 Å². The maximum Gasteiger partial charge on any atom is 0.334 e. The monoisotopic (exact) mass is 341 g/mol. The zero-order valence-corrected chi connectivity index (χ0v) is 13.9. The first-order valence-electron chi connectivity index (χ1n) is 8.34. The van der Waals surface area contributed by atoms with Gasteiger partial charge in [0.25, 0.3) is 0 Å². The molecule has 25 heavy (non-hydrogen) atoms. The molecule has 2 aromatic carbocycles. The average molecular weight is 341 g/mol. The van der Waals surface area contributed by atoms with Crippen molar-refractivity contribution in [2.45, 2.75) is 31.2 Å². The van der Waals surface area contributed by atoms with E-state index in [9.17, 15) is 19.1 Å². The Morgan fingerprint density at radius 1 is 1.16 bits per heavy atom. The van der Waals surface area contributed by atoms with Crippen molar-refractivity contribution in [3.8, 4) is 0 Å². The Morgan fingerprint density at radius 3 is 2.36 bits per heavy atom. The van der Waals surface area contributed by atoms with E-state index in [-0.39, 0.29) is 30.0 Å². The van der Waals surface area contributed by atoms with Crippen LogP contribution in [0.25, 0.3) is 0 Å². The van der Waals surface area contributed by atoms with Crippen molar-refractivity contribution in [3.63, 3.8) is 0 Å². The number of aliphatic carboxylic acids is 1. The molecule has 1 amide bonds. The van der Waals surface area contributed by atoms with Crippen LogP contribution in [0.15, 0.2) is 54.6 Å². The van der Waals surface area contributed by atoms with Crippen molar-refractivity contribution in [2.75, 3.05) is 0 Å². The van der Waals surface area contributed by atoms with Crippen LogP contribution in [0.1, 0.15) is 36.8 Å². The highest BCUT2D eigenvalue weighted by Crippen LogP contribution is 2.48. The molecule has 5 heteroatoms. The maximum absolute atomic E-state index is 13.0. The Labute approximate surface area is 145 Å². The zero-order chi connectivity index (χ0) is 18.0. The molecule has 0 saturated heterocycles. The van der Waals surface area contributed by atoms with Crippen LogP contribution in [0.2, 0.25) is 0 Å². The van der Waals surface area contributed by atoms with E-state index in [0.717, 1.165) is 5.56 Å². The molecule has 1 aliphatic rings. The summed E-state index contributed by atoms with van der Waals surface area (Å²) in [5, 5.41) is 12.5. The van der Waals surface area contributed by atoms with Crippen molar-refractivity contribution < 1.29 is 19.1 Å². The van der Waals surface area contributed by atoms with Crippen LogP contribution in [0.5, 0.6) is 0 Å². The quantitative estimate of drug-likeness (QED) is 0.846. The van der Waals surface area contributed by atoms with Crippen molar-refractivity contribution in [1.82, 2.24) is 5.32 Å². The normalized spacial score (nSPS) is 21.2. The molecule has 1 aliphatic carbocycles. The fraction of sp³-hybridized carbons (Fsp3) is 0.300. The van der Waals surface area contributed by atoms with Gasteiger partial charge in [-0.05, 0) is 42.0 Å². The van der Waals surface area contributed by atoms with Crippen molar-refractivity contribution in [1.29, 1.82) is 0 Å². The minimum absolute atomic E-state index is 0.0136. The van der Waals surface area contributed by atoms with Crippen molar-refractivity contribution >= 4 is 11.9 Å². The van der Waals surface area contributed by atoms with Gasteiger partial charge in [-0.15, -0.1) is 0 Å². The number of hydrogen-bond donors (Lipinski definition) is 2. The van der Waals surface area contributed by atoms with Gasteiger partial charge in [-0.3, -0.25) is 4.79 Å². The van der Waals surface area contributed by atoms with Gasteiger partial charge in [0.2, 0.25) is 5.91 Å². The van der Waals surface area contributed by atoms with E-state index in [1.54, 1.807) is 49.4 Å². The topological polar surface area (TPSA) is 66.4 Å². The van der Waals surface area contributed by atoms with E-state index in [0.29, 0.717) is 12.0 Å². The highest BCUT2D eigenvalue weighted by atomic mass is 19.1. The zero-order valence-electron chi connectivity index (χ0n) is 13.9. The lowest BCUT2D eigenvalue weighted by atomic mass is 9.87. The van der Waals surface area contributed by atoms with Crippen molar-refractivity contribution in [3.05, 3.63) is 71.5 Å². The van der Waals surface area contributed by atoms with Gasteiger partial charge in [-0.2, -0.15) is 0 Å². The summed E-state index contributed by atoms with van der Waals surface area (Å²) in [6.07, 6.45) is 0.887. The molecule has 0 spiro atoms. The van der Waals surface area contributed by atoms with Gasteiger partial charge in [0, 0.05) is 5.92 Å². The van der Waals surface area contributed by atoms with Gasteiger partial charge < -0.3 is 10.4 Å². The van der Waals surface area contributed by atoms with Gasteiger partial charge in [-0.25, -0.2) is 9.18 Å². The summed E-state index contributed by atoms with van der Waals surface area (Å²) in [6.45, 7) is 1.74. The summed E-state index contributed by atoms with van der Waals surface area (Å²) in [7, 11) is 0. The number of rotatable bonds is 6. The first-order chi connectivity index (χ1) is 12.0. The molecule has 3 unspecified atom stereocenters. The molecule has 0 radical (unpaired) electrons. The summed E-state index contributed by atoms with van der Waals surface area (Å²) >= 11 is 0. The van der Waals surface area contributed by atoms with Gasteiger partial charge >= 0.3 is 5.97 Å². The molecule has 1 fully saturated rings. The molecule has 2 aromatic rings. The predicted molar refractivity (Wildman–Crippen MR) is 91.4 cm³/mol. The third kappa shape index (κ3) is 3.27. The van der Waals surface area contributed by atoms with Crippen LogP contribution in [-0.4, -0.2) is 17.0 Å². The third-order valence-corrected chi connectivity index (χ3v) is 4.92. The molecule has 130 valence electrons. The van der Waals surface area contributed by atoms with Gasteiger partial charge in [-0.1, -0.05) is 49.4 Å². The summed E-state index contributed by atoms with van der Waals surface area (Å²) in [5.74, 6) is -1.93. The van der Waals surface area contributed by atoms with E-state index in [1.807, 2.05) is 0 Å². The molecular weight excluding hydrogens is 321 g/mol. The summed E-state index contributed by atoms with van der Waals surface area (Å²) < 4.78 is 13.0. The smallest absolute Gasteiger partial charge is 0.334 e. The fourth-order valence-electron chi connectivity index (χ4n) is 3.28. The fourth-order valence-corrected chi connectivity index (χ4v) is 3.28. The summed E-state index contributed by atoms with van der Waals surface area (Å²) in [5.41, 5.74) is 0.0184. The Bertz CT molecular complexity index is 775. The van der Waals surface area contributed by atoms with Crippen molar-refractivity contribution in [2.24, 2.45) is 5.92 Å². The lowest BCUT2D eigenvalue weighted by Gasteiger charge is -2.30. The Balaban J connectivity index is 1.78. The minimum atomic E-state index is -1.44. The summed E-state index contributed by atoms with van der Waals surface area (Å²) in [4.78, 5) is 24.6. The molecule has 4 nitrogen and oxygen atoms in total. The second kappa shape index (κ2) is 6.67. The van der Waals surface area contributed by atoms with Gasteiger partial charge in [0.1, 0.15) is 5.82 Å². The number of carboxylic acid groups (broad SMARTS) is 1. The predicted octanol–water partition coefficient (Wildman–Crippen LogP) is 3.44. The number of carboxylic acids is 1. The van der Waals surface area contributed by atoms with Crippen LogP contribution in [0.3, 0.4) is 0 Å².